The fraction of sp³-hybridized carbons (Fsp3) is 0.423. The summed E-state index contributed by atoms with van der Waals surface area (Å²) in [5.41, 5.74) is 15.7. The molecule has 1 atom stereocenters. The molecular weight excluding hydrogens is 472 g/mol. The van der Waals surface area contributed by atoms with Gasteiger partial charge in [0.05, 0.1) is 30.5 Å². The number of carbonyl (C=O) groups excluding carboxylic acids is 1. The van der Waals surface area contributed by atoms with Crippen LogP contribution in [-0.4, -0.2) is 68.8 Å². The van der Waals surface area contributed by atoms with E-state index in [2.05, 4.69) is 20.1 Å². The molecule has 0 bridgehead atoms. The van der Waals surface area contributed by atoms with Gasteiger partial charge in [-0.1, -0.05) is 12.1 Å². The molecule has 1 fully saturated rings. The molecule has 0 aliphatic carbocycles. The lowest BCUT2D eigenvalue weighted by Crippen LogP contribution is -2.59. The minimum Gasteiger partial charge on any atom is -0.507 e. The summed E-state index contributed by atoms with van der Waals surface area (Å²) < 4.78 is 5.51. The number of ether oxygens (including phenoxy) is 1. The molecule has 3 aliphatic rings. The standard InChI is InChI=1S/C26H34N8O3/c1-26(2,3)37-25(36)33-13-16-11-30-24(31-20(16)15-33)32-8-9-34-17(14-32)12-29-23(28)21(34)10-19(27)18-6-4-5-7-22(18)35/h4-7,10-11,17,29,35H,8-9,12-15,27-28H2,1-3H3/b19-10-. The van der Waals surface area contributed by atoms with Crippen LogP contribution in [0.5, 0.6) is 5.75 Å². The Bertz CT molecular complexity index is 1270. The van der Waals surface area contributed by atoms with Crippen LogP contribution >= 0.6 is 0 Å². The molecule has 11 heteroatoms. The molecular formula is C26H34N8O3. The van der Waals surface area contributed by atoms with Gasteiger partial charge >= 0.3 is 6.09 Å². The van der Waals surface area contributed by atoms with Crippen LogP contribution in [0.1, 0.15) is 37.6 Å². The topological polar surface area (TPSA) is 146 Å². The Morgan fingerprint density at radius 2 is 2.03 bits per heavy atom. The van der Waals surface area contributed by atoms with Crippen LogP contribution in [0.3, 0.4) is 0 Å². The number of piperazine rings is 1. The minimum atomic E-state index is -0.547. The van der Waals surface area contributed by atoms with Crippen LogP contribution in [-0.2, 0) is 17.8 Å². The van der Waals surface area contributed by atoms with Crippen molar-refractivity contribution in [1.29, 1.82) is 0 Å². The number of amides is 1. The van der Waals surface area contributed by atoms with E-state index in [0.29, 0.717) is 62.3 Å². The van der Waals surface area contributed by atoms with Gasteiger partial charge in [-0.3, -0.25) is 4.90 Å². The quantitative estimate of drug-likeness (QED) is 0.485. The molecule has 0 radical (unpaired) electrons. The monoisotopic (exact) mass is 506 g/mol. The number of nitrogens with one attached hydrogen (secondary N) is 1. The second-order valence-electron chi connectivity index (χ2n) is 10.6. The Kier molecular flexibility index (Phi) is 6.22. The first-order valence-corrected chi connectivity index (χ1v) is 12.4. The lowest BCUT2D eigenvalue weighted by Gasteiger charge is -2.46. The van der Waals surface area contributed by atoms with E-state index in [9.17, 15) is 9.90 Å². The molecule has 0 spiro atoms. The van der Waals surface area contributed by atoms with Crippen molar-refractivity contribution < 1.29 is 14.6 Å². The second-order valence-corrected chi connectivity index (χ2v) is 10.6. The number of anilines is 1. The summed E-state index contributed by atoms with van der Waals surface area (Å²) in [6, 6.07) is 7.10. The van der Waals surface area contributed by atoms with E-state index < -0.39 is 5.60 Å². The number of allylic oxidation sites excluding steroid dienone is 1. The number of rotatable bonds is 3. The number of phenols is 1. The molecule has 1 aromatic heterocycles. The number of nitrogens with two attached hydrogens (primary N) is 2. The highest BCUT2D eigenvalue weighted by Gasteiger charge is 2.34. The molecule has 3 aliphatic heterocycles. The van der Waals surface area contributed by atoms with E-state index in [0.717, 1.165) is 17.0 Å². The predicted octanol–water partition coefficient (Wildman–Crippen LogP) is 1.65. The first-order chi connectivity index (χ1) is 17.6. The van der Waals surface area contributed by atoms with Crippen molar-refractivity contribution in [3.05, 3.63) is 64.9 Å². The summed E-state index contributed by atoms with van der Waals surface area (Å²) >= 11 is 0. The van der Waals surface area contributed by atoms with Gasteiger partial charge in [0.15, 0.2) is 0 Å². The molecule has 0 saturated carbocycles. The molecule has 11 nitrogen and oxygen atoms in total. The number of hydrogen-bond acceptors (Lipinski definition) is 10. The van der Waals surface area contributed by atoms with Crippen molar-refractivity contribution in [3.8, 4) is 5.75 Å². The van der Waals surface area contributed by atoms with Gasteiger partial charge in [0, 0.05) is 49.2 Å². The van der Waals surface area contributed by atoms with Crippen LogP contribution in [0.25, 0.3) is 5.70 Å². The first kappa shape index (κ1) is 24.5. The maximum atomic E-state index is 12.5. The van der Waals surface area contributed by atoms with E-state index >= 15 is 0 Å². The number of aromatic nitrogens is 2. The van der Waals surface area contributed by atoms with Gasteiger partial charge in [0.2, 0.25) is 5.95 Å². The lowest BCUT2D eigenvalue weighted by atomic mass is 10.1. The van der Waals surface area contributed by atoms with Crippen molar-refractivity contribution in [2.24, 2.45) is 11.5 Å². The van der Waals surface area contributed by atoms with Crippen molar-refractivity contribution in [1.82, 2.24) is 25.1 Å². The van der Waals surface area contributed by atoms with Gasteiger partial charge < -0.3 is 36.4 Å². The number of para-hydroxylation sites is 1. The van der Waals surface area contributed by atoms with Crippen molar-refractivity contribution in [2.45, 2.75) is 45.5 Å². The average Bonchev–Trinajstić information content (AvgIpc) is 3.28. The SMILES string of the molecule is CC(C)(C)OC(=O)N1Cc2cnc(N3CCN4C(/C=C(\N)c5ccccc5O)=C(N)NCC4C3)nc2C1. The van der Waals surface area contributed by atoms with E-state index in [4.69, 9.17) is 21.2 Å². The molecule has 6 N–H and O–H groups in total. The summed E-state index contributed by atoms with van der Waals surface area (Å²) in [4.78, 5) is 28.0. The van der Waals surface area contributed by atoms with Gasteiger partial charge in [-0.05, 0) is 39.0 Å². The number of fused-ring (bicyclic) bond motifs is 2. The highest BCUT2D eigenvalue weighted by atomic mass is 16.6. The molecule has 196 valence electrons. The number of benzene rings is 1. The molecule has 1 aromatic carbocycles. The zero-order valence-electron chi connectivity index (χ0n) is 21.4. The molecule has 1 saturated heterocycles. The maximum absolute atomic E-state index is 12.5. The minimum absolute atomic E-state index is 0.125. The zero-order valence-corrected chi connectivity index (χ0v) is 21.4. The summed E-state index contributed by atoms with van der Waals surface area (Å²) in [6.45, 7) is 9.20. The van der Waals surface area contributed by atoms with Crippen LogP contribution < -0.4 is 21.7 Å². The normalized spacial score (nSPS) is 19.9. The van der Waals surface area contributed by atoms with Gasteiger partial charge in [-0.15, -0.1) is 0 Å². The Labute approximate surface area is 216 Å². The van der Waals surface area contributed by atoms with Crippen LogP contribution in [0.2, 0.25) is 0 Å². The average molecular weight is 507 g/mol. The van der Waals surface area contributed by atoms with E-state index in [-0.39, 0.29) is 17.9 Å². The molecule has 4 heterocycles. The number of hydrogen-bond donors (Lipinski definition) is 4. The van der Waals surface area contributed by atoms with Crippen molar-refractivity contribution >= 4 is 17.7 Å². The highest BCUT2D eigenvalue weighted by molar-refractivity contribution is 5.70. The Morgan fingerprint density at radius 3 is 2.78 bits per heavy atom. The van der Waals surface area contributed by atoms with Gasteiger partial charge in [-0.2, -0.15) is 0 Å². The van der Waals surface area contributed by atoms with Crippen LogP contribution in [0.4, 0.5) is 10.7 Å². The van der Waals surface area contributed by atoms with Gasteiger partial charge in [-0.25, -0.2) is 14.8 Å². The number of aromatic hydroxyl groups is 1. The lowest BCUT2D eigenvalue weighted by molar-refractivity contribution is 0.0240. The van der Waals surface area contributed by atoms with Crippen LogP contribution in [0, 0.1) is 0 Å². The third-order valence-corrected chi connectivity index (χ3v) is 6.68. The number of nitrogens with zero attached hydrogens (tertiary/aromatic N) is 5. The smallest absolute Gasteiger partial charge is 0.410 e. The van der Waals surface area contributed by atoms with E-state index in [1.807, 2.05) is 39.1 Å². The summed E-state index contributed by atoms with van der Waals surface area (Å²) in [5.74, 6) is 1.33. The molecule has 5 rings (SSSR count). The highest BCUT2D eigenvalue weighted by Crippen LogP contribution is 2.29. The maximum Gasteiger partial charge on any atom is 0.410 e. The summed E-state index contributed by atoms with van der Waals surface area (Å²) in [6.07, 6.45) is 3.28. The number of carbonyl (C=O) groups is 1. The van der Waals surface area contributed by atoms with Crippen molar-refractivity contribution in [3.63, 3.8) is 0 Å². The van der Waals surface area contributed by atoms with Gasteiger partial charge in [0.25, 0.3) is 0 Å². The molecule has 37 heavy (non-hydrogen) atoms. The summed E-state index contributed by atoms with van der Waals surface area (Å²) in [7, 11) is 0. The predicted molar refractivity (Wildman–Crippen MR) is 140 cm³/mol. The van der Waals surface area contributed by atoms with E-state index in [1.54, 1.807) is 23.1 Å². The Balaban J connectivity index is 1.29. The summed E-state index contributed by atoms with van der Waals surface area (Å²) in [5, 5.41) is 13.5. The van der Waals surface area contributed by atoms with Gasteiger partial charge in [0.1, 0.15) is 17.2 Å². The first-order valence-electron chi connectivity index (χ1n) is 12.4. The zero-order chi connectivity index (χ0) is 26.3. The Morgan fingerprint density at radius 1 is 1.24 bits per heavy atom. The second kappa shape index (κ2) is 9.38. The fourth-order valence-corrected chi connectivity index (χ4v) is 4.86. The van der Waals surface area contributed by atoms with Crippen molar-refractivity contribution in [2.75, 3.05) is 31.1 Å². The Hall–Kier alpha value is -4.15. The van der Waals surface area contributed by atoms with E-state index in [1.165, 1.54) is 0 Å². The number of phenolic OH excluding ortho intramolecular Hbond substituents is 1. The van der Waals surface area contributed by atoms with Crippen LogP contribution in [0.15, 0.2) is 48.1 Å². The molecule has 2 aromatic rings. The molecule has 1 amide bonds. The molecule has 1 unspecified atom stereocenters. The fourth-order valence-electron chi connectivity index (χ4n) is 4.86. The third kappa shape index (κ3) is 5.07. The largest absolute Gasteiger partial charge is 0.507 e. The third-order valence-electron chi connectivity index (χ3n) is 6.68.